The summed E-state index contributed by atoms with van der Waals surface area (Å²) in [4.78, 5) is 18.7. The van der Waals surface area contributed by atoms with Crippen molar-refractivity contribution in [1.82, 2.24) is 19.7 Å². The van der Waals surface area contributed by atoms with Crippen molar-refractivity contribution in [2.24, 2.45) is 5.92 Å². The Balaban J connectivity index is 1.59. The van der Waals surface area contributed by atoms with Crippen LogP contribution in [0.2, 0.25) is 0 Å². The number of likely N-dealkylation sites (N-methyl/N-ethyl adjacent to an activating group) is 1. The first-order valence-electron chi connectivity index (χ1n) is 10.1. The van der Waals surface area contributed by atoms with Crippen molar-refractivity contribution < 1.29 is 4.79 Å². The van der Waals surface area contributed by atoms with E-state index in [0.29, 0.717) is 12.5 Å². The van der Waals surface area contributed by atoms with Gasteiger partial charge >= 0.3 is 0 Å². The number of aromatic nitrogens is 3. The molecule has 5 nitrogen and oxygen atoms in total. The molecule has 148 valence electrons. The third-order valence-corrected chi connectivity index (χ3v) is 5.58. The maximum absolute atomic E-state index is 12.6. The first kappa shape index (κ1) is 19.1. The quantitative estimate of drug-likeness (QED) is 0.570. The van der Waals surface area contributed by atoms with E-state index >= 15 is 0 Å². The molecule has 2 aromatic heterocycles. The monoisotopic (exact) mass is 386 g/mol. The summed E-state index contributed by atoms with van der Waals surface area (Å²) in [6, 6.07) is 14.4. The highest BCUT2D eigenvalue weighted by atomic mass is 16.2. The van der Waals surface area contributed by atoms with E-state index in [0.717, 1.165) is 16.8 Å². The van der Waals surface area contributed by atoms with Gasteiger partial charge in [-0.2, -0.15) is 5.10 Å². The summed E-state index contributed by atoms with van der Waals surface area (Å²) in [7, 11) is 1.89. The zero-order chi connectivity index (χ0) is 20.2. The van der Waals surface area contributed by atoms with E-state index in [9.17, 15) is 4.79 Å². The Hall–Kier alpha value is -3.21. The molecule has 1 atom stereocenters. The fourth-order valence-corrected chi connectivity index (χ4v) is 3.51. The van der Waals surface area contributed by atoms with E-state index in [1.807, 2.05) is 59.2 Å². The Morgan fingerprint density at radius 3 is 2.72 bits per heavy atom. The number of hydrogen-bond donors (Lipinski definition) is 0. The van der Waals surface area contributed by atoms with Gasteiger partial charge in [0.15, 0.2) is 0 Å². The van der Waals surface area contributed by atoms with Gasteiger partial charge in [0.25, 0.3) is 0 Å². The minimum absolute atomic E-state index is 0.0253. The number of rotatable bonds is 7. The van der Waals surface area contributed by atoms with Crippen LogP contribution < -0.4 is 0 Å². The molecule has 0 spiro atoms. The molecule has 0 aliphatic heterocycles. The van der Waals surface area contributed by atoms with Gasteiger partial charge in [0.2, 0.25) is 5.91 Å². The van der Waals surface area contributed by atoms with E-state index < -0.39 is 0 Å². The van der Waals surface area contributed by atoms with Crippen molar-refractivity contribution >= 4 is 12.0 Å². The van der Waals surface area contributed by atoms with Crippen molar-refractivity contribution in [1.29, 1.82) is 0 Å². The summed E-state index contributed by atoms with van der Waals surface area (Å²) < 4.78 is 1.92. The van der Waals surface area contributed by atoms with Crippen LogP contribution in [0.25, 0.3) is 17.3 Å². The molecular formula is C24H26N4O. The van der Waals surface area contributed by atoms with Gasteiger partial charge in [0.1, 0.15) is 5.69 Å². The SMILES string of the molecule is CC(C1CC1)N(C)C(=O)/C=C/c1cn(Cc2ccccc2)nc1-c1cccnc1. The average molecular weight is 386 g/mol. The Morgan fingerprint density at radius 2 is 2.03 bits per heavy atom. The number of hydrogen-bond acceptors (Lipinski definition) is 3. The maximum atomic E-state index is 12.6. The van der Waals surface area contributed by atoms with Crippen LogP contribution in [0, 0.1) is 5.92 Å². The van der Waals surface area contributed by atoms with Crippen molar-refractivity contribution in [2.45, 2.75) is 32.4 Å². The van der Waals surface area contributed by atoms with Gasteiger partial charge in [-0.05, 0) is 49.5 Å². The first-order valence-corrected chi connectivity index (χ1v) is 10.1. The summed E-state index contributed by atoms with van der Waals surface area (Å²) in [6.07, 6.45) is 11.5. The number of nitrogens with zero attached hydrogens (tertiary/aromatic N) is 4. The van der Waals surface area contributed by atoms with Crippen LogP contribution in [0.15, 0.2) is 67.1 Å². The summed E-state index contributed by atoms with van der Waals surface area (Å²) in [6.45, 7) is 2.80. The van der Waals surface area contributed by atoms with Crippen LogP contribution in [0.5, 0.6) is 0 Å². The molecule has 2 heterocycles. The molecule has 0 N–H and O–H groups in total. The number of carbonyl (C=O) groups excluding carboxylic acids is 1. The van der Waals surface area contributed by atoms with Gasteiger partial charge in [0.05, 0.1) is 6.54 Å². The zero-order valence-electron chi connectivity index (χ0n) is 16.9. The van der Waals surface area contributed by atoms with Crippen LogP contribution in [0.3, 0.4) is 0 Å². The Kier molecular flexibility index (Phi) is 5.56. The molecule has 0 bridgehead atoms. The predicted molar refractivity (Wildman–Crippen MR) is 115 cm³/mol. The Morgan fingerprint density at radius 1 is 1.24 bits per heavy atom. The van der Waals surface area contributed by atoms with Crippen molar-refractivity contribution in [3.63, 3.8) is 0 Å². The van der Waals surface area contributed by atoms with Gasteiger partial charge < -0.3 is 4.90 Å². The van der Waals surface area contributed by atoms with E-state index in [-0.39, 0.29) is 11.9 Å². The van der Waals surface area contributed by atoms with Gasteiger partial charge in [-0.15, -0.1) is 0 Å². The first-order chi connectivity index (χ1) is 14.1. The minimum atomic E-state index is 0.0253. The standard InChI is InChI=1S/C24H26N4O/c1-18(20-10-11-20)27(2)23(29)13-12-22-17-28(16-19-7-4-3-5-8-19)26-24(22)21-9-6-14-25-15-21/h3-9,12-15,17-18,20H,10-11,16H2,1-2H3/b13-12+. The van der Waals surface area contributed by atoms with Crippen LogP contribution in [-0.4, -0.2) is 38.7 Å². The van der Waals surface area contributed by atoms with Crippen molar-refractivity contribution in [3.8, 4) is 11.3 Å². The molecule has 1 amide bonds. The minimum Gasteiger partial charge on any atom is -0.339 e. The third-order valence-electron chi connectivity index (χ3n) is 5.58. The molecule has 1 unspecified atom stereocenters. The summed E-state index contributed by atoms with van der Waals surface area (Å²) in [5.41, 5.74) is 3.86. The lowest BCUT2D eigenvalue weighted by molar-refractivity contribution is -0.126. The van der Waals surface area contributed by atoms with Gasteiger partial charge in [-0.25, -0.2) is 0 Å². The third kappa shape index (κ3) is 4.62. The molecular weight excluding hydrogens is 360 g/mol. The second-order valence-corrected chi connectivity index (χ2v) is 7.72. The second-order valence-electron chi connectivity index (χ2n) is 7.72. The fourth-order valence-electron chi connectivity index (χ4n) is 3.51. The van der Waals surface area contributed by atoms with Gasteiger partial charge in [-0.1, -0.05) is 30.3 Å². The molecule has 1 aliphatic rings. The van der Waals surface area contributed by atoms with E-state index in [1.54, 1.807) is 18.5 Å². The van der Waals surface area contributed by atoms with Crippen LogP contribution in [0.1, 0.15) is 30.9 Å². The molecule has 4 rings (SSSR count). The molecule has 29 heavy (non-hydrogen) atoms. The van der Waals surface area contributed by atoms with Crippen molar-refractivity contribution in [3.05, 3.63) is 78.3 Å². The summed E-state index contributed by atoms with van der Waals surface area (Å²) >= 11 is 0. The van der Waals surface area contributed by atoms with E-state index in [1.165, 1.54) is 18.4 Å². The molecule has 1 fully saturated rings. The molecule has 5 heteroatoms. The maximum Gasteiger partial charge on any atom is 0.246 e. The Bertz CT molecular complexity index is 990. The number of carbonyl (C=O) groups is 1. The Labute approximate surface area is 171 Å². The highest BCUT2D eigenvalue weighted by molar-refractivity contribution is 5.92. The van der Waals surface area contributed by atoms with Crippen LogP contribution in [-0.2, 0) is 11.3 Å². The van der Waals surface area contributed by atoms with Crippen LogP contribution in [0.4, 0.5) is 0 Å². The molecule has 3 aromatic rings. The highest BCUT2D eigenvalue weighted by Crippen LogP contribution is 2.34. The number of pyridine rings is 1. The van der Waals surface area contributed by atoms with E-state index in [4.69, 9.17) is 5.10 Å². The topological polar surface area (TPSA) is 51.0 Å². The fraction of sp³-hybridized carbons (Fsp3) is 0.292. The van der Waals surface area contributed by atoms with Gasteiger partial charge in [-0.3, -0.25) is 14.5 Å². The van der Waals surface area contributed by atoms with E-state index in [2.05, 4.69) is 24.0 Å². The smallest absolute Gasteiger partial charge is 0.246 e. The summed E-state index contributed by atoms with van der Waals surface area (Å²) in [5.74, 6) is 0.675. The predicted octanol–water partition coefficient (Wildman–Crippen LogP) is 4.26. The normalized spacial score (nSPS) is 14.8. The molecule has 0 radical (unpaired) electrons. The lowest BCUT2D eigenvalue weighted by Crippen LogP contribution is -2.35. The number of benzene rings is 1. The molecule has 1 aromatic carbocycles. The average Bonchev–Trinajstić information content (AvgIpc) is 3.53. The second kappa shape index (κ2) is 8.43. The molecule has 1 aliphatic carbocycles. The lowest BCUT2D eigenvalue weighted by atomic mass is 10.1. The van der Waals surface area contributed by atoms with Crippen LogP contribution >= 0.6 is 0 Å². The van der Waals surface area contributed by atoms with Gasteiger partial charge in [0, 0.05) is 48.9 Å². The zero-order valence-corrected chi connectivity index (χ0v) is 16.9. The largest absolute Gasteiger partial charge is 0.339 e. The molecule has 1 saturated carbocycles. The lowest BCUT2D eigenvalue weighted by Gasteiger charge is -2.23. The summed E-state index contributed by atoms with van der Waals surface area (Å²) in [5, 5.41) is 4.77. The van der Waals surface area contributed by atoms with Crippen molar-refractivity contribution in [2.75, 3.05) is 7.05 Å². The molecule has 0 saturated heterocycles. The number of amides is 1. The highest BCUT2D eigenvalue weighted by Gasteiger charge is 2.31.